The lowest BCUT2D eigenvalue weighted by atomic mass is 10.1. The lowest BCUT2D eigenvalue weighted by Gasteiger charge is -2.16. The number of nitrogens with one attached hydrogen (secondary N) is 1. The van der Waals surface area contributed by atoms with Crippen molar-refractivity contribution in [1.82, 2.24) is 14.5 Å². The summed E-state index contributed by atoms with van der Waals surface area (Å²) in [5, 5.41) is 12.3. The minimum absolute atomic E-state index is 0.0685. The van der Waals surface area contributed by atoms with Crippen LogP contribution in [0.3, 0.4) is 0 Å². The molecule has 2 heterocycles. The minimum Gasteiger partial charge on any atom is -0.296 e. The Labute approximate surface area is 174 Å². The van der Waals surface area contributed by atoms with Crippen molar-refractivity contribution in [2.24, 2.45) is 0 Å². The fourth-order valence-electron chi connectivity index (χ4n) is 3.17. The third-order valence-corrected chi connectivity index (χ3v) is 8.11. The van der Waals surface area contributed by atoms with Crippen molar-refractivity contribution in [3.63, 3.8) is 0 Å². The van der Waals surface area contributed by atoms with Crippen molar-refractivity contribution in [2.45, 2.75) is 50.3 Å². The van der Waals surface area contributed by atoms with Gasteiger partial charge in [-0.25, -0.2) is 8.42 Å². The molecular weight excluding hydrogens is 420 g/mol. The van der Waals surface area contributed by atoms with Gasteiger partial charge in [0.2, 0.25) is 15.2 Å². The second kappa shape index (κ2) is 8.86. The molecule has 1 fully saturated rings. The summed E-state index contributed by atoms with van der Waals surface area (Å²) in [4.78, 5) is 12.8. The third-order valence-electron chi connectivity index (χ3n) is 4.88. The second-order valence-electron chi connectivity index (χ2n) is 6.67. The first-order chi connectivity index (χ1) is 13.4. The van der Waals surface area contributed by atoms with E-state index in [0.29, 0.717) is 24.1 Å². The number of halogens is 1. The van der Waals surface area contributed by atoms with Crippen molar-refractivity contribution in [3.05, 3.63) is 33.8 Å². The summed E-state index contributed by atoms with van der Waals surface area (Å²) in [5.41, 5.74) is 0.0984. The Morgan fingerprint density at radius 2 is 1.93 bits per heavy atom. The number of amides is 1. The van der Waals surface area contributed by atoms with E-state index in [1.54, 1.807) is 0 Å². The highest BCUT2D eigenvalue weighted by molar-refractivity contribution is 7.89. The van der Waals surface area contributed by atoms with Crippen LogP contribution in [0.4, 0.5) is 5.13 Å². The summed E-state index contributed by atoms with van der Waals surface area (Å²) in [5.74, 6) is -0.198. The van der Waals surface area contributed by atoms with Crippen LogP contribution in [0.2, 0.25) is 5.02 Å². The molecule has 0 bridgehead atoms. The van der Waals surface area contributed by atoms with Gasteiger partial charge in [0.1, 0.15) is 5.01 Å². The number of nitrogens with zero attached hydrogens (tertiary/aromatic N) is 3. The maximum Gasteiger partial charge on any atom is 0.259 e. The van der Waals surface area contributed by atoms with Crippen LogP contribution in [0, 0.1) is 0 Å². The molecule has 0 radical (unpaired) electrons. The van der Waals surface area contributed by atoms with E-state index in [1.165, 1.54) is 33.8 Å². The third kappa shape index (κ3) is 4.37. The molecule has 0 unspecified atom stereocenters. The van der Waals surface area contributed by atoms with Crippen LogP contribution in [0.15, 0.2) is 23.1 Å². The van der Waals surface area contributed by atoms with Gasteiger partial charge in [0, 0.05) is 19.0 Å². The summed E-state index contributed by atoms with van der Waals surface area (Å²) in [7, 11) is -3.63. The molecule has 0 spiro atoms. The van der Waals surface area contributed by atoms with Gasteiger partial charge in [-0.15, -0.1) is 10.2 Å². The van der Waals surface area contributed by atoms with Crippen LogP contribution in [-0.4, -0.2) is 41.9 Å². The van der Waals surface area contributed by atoms with Crippen molar-refractivity contribution in [3.8, 4) is 0 Å². The molecule has 0 saturated carbocycles. The van der Waals surface area contributed by atoms with Crippen molar-refractivity contribution in [2.75, 3.05) is 18.4 Å². The lowest BCUT2D eigenvalue weighted by Crippen LogP contribution is -2.28. The van der Waals surface area contributed by atoms with E-state index in [1.807, 2.05) is 0 Å². The topological polar surface area (TPSA) is 92.3 Å². The van der Waals surface area contributed by atoms with Gasteiger partial charge < -0.3 is 0 Å². The fourth-order valence-corrected chi connectivity index (χ4v) is 5.92. The van der Waals surface area contributed by atoms with Gasteiger partial charge >= 0.3 is 0 Å². The number of hydrogen-bond donors (Lipinski definition) is 1. The molecule has 10 heteroatoms. The number of benzene rings is 1. The predicted octanol–water partition coefficient (Wildman–Crippen LogP) is 4.13. The maximum atomic E-state index is 12.8. The first kappa shape index (κ1) is 21.2. The summed E-state index contributed by atoms with van der Waals surface area (Å²) in [6.07, 6.45) is 3.58. The summed E-state index contributed by atoms with van der Waals surface area (Å²) >= 11 is 7.49. The van der Waals surface area contributed by atoms with Gasteiger partial charge in [0.25, 0.3) is 5.91 Å². The van der Waals surface area contributed by atoms with Crippen LogP contribution in [0.5, 0.6) is 0 Å². The first-order valence-corrected chi connectivity index (χ1v) is 11.9. The van der Waals surface area contributed by atoms with Crippen LogP contribution in [-0.2, 0) is 10.0 Å². The Bertz CT molecular complexity index is 951. The van der Waals surface area contributed by atoms with E-state index in [2.05, 4.69) is 29.4 Å². The molecule has 1 saturated heterocycles. The van der Waals surface area contributed by atoms with Gasteiger partial charge in [0.15, 0.2) is 0 Å². The summed E-state index contributed by atoms with van der Waals surface area (Å²) < 4.78 is 26.9. The normalized spacial score (nSPS) is 15.3. The number of carbonyl (C=O) groups excluding carboxylic acids is 1. The highest BCUT2D eigenvalue weighted by atomic mass is 35.5. The standard InChI is InChI=1S/C18H23ClN4O3S2/c1-3-12(4-2)17-21-22-18(27-17)20-16(24)14-11-13(7-8-15(14)19)28(25,26)23-9-5-6-10-23/h7-8,11-12H,3-6,9-10H2,1-2H3,(H,20,22,24). The Morgan fingerprint density at radius 1 is 1.25 bits per heavy atom. The zero-order valence-corrected chi connectivity index (χ0v) is 18.2. The average molecular weight is 443 g/mol. The van der Waals surface area contributed by atoms with Gasteiger partial charge in [-0.1, -0.05) is 36.8 Å². The number of anilines is 1. The SMILES string of the molecule is CCC(CC)c1nnc(NC(=O)c2cc(S(=O)(=O)N3CCCC3)ccc2Cl)s1. The van der Waals surface area contributed by atoms with Crippen LogP contribution < -0.4 is 5.32 Å². The molecule has 1 amide bonds. The Morgan fingerprint density at radius 3 is 2.57 bits per heavy atom. The number of aromatic nitrogens is 2. The Balaban J connectivity index is 1.82. The van der Waals surface area contributed by atoms with Crippen LogP contribution >= 0.6 is 22.9 Å². The van der Waals surface area contributed by atoms with Crippen molar-refractivity contribution >= 4 is 44.0 Å². The molecule has 2 aromatic rings. The molecule has 0 atom stereocenters. The van der Waals surface area contributed by atoms with Gasteiger partial charge in [0.05, 0.1) is 15.5 Å². The molecule has 152 valence electrons. The Hall–Kier alpha value is -1.55. The van der Waals surface area contributed by atoms with E-state index >= 15 is 0 Å². The molecule has 0 aliphatic carbocycles. The molecule has 7 nitrogen and oxygen atoms in total. The van der Waals surface area contributed by atoms with Gasteiger partial charge in [-0.3, -0.25) is 10.1 Å². The Kier molecular flexibility index (Phi) is 6.69. The smallest absolute Gasteiger partial charge is 0.259 e. The first-order valence-electron chi connectivity index (χ1n) is 9.31. The fraction of sp³-hybridized carbons (Fsp3) is 0.500. The highest BCUT2D eigenvalue weighted by Gasteiger charge is 2.28. The molecule has 1 aliphatic rings. The van der Waals surface area contributed by atoms with Gasteiger partial charge in [-0.05, 0) is 43.9 Å². The number of rotatable bonds is 7. The summed E-state index contributed by atoms with van der Waals surface area (Å²) in [6, 6.07) is 4.20. The largest absolute Gasteiger partial charge is 0.296 e. The van der Waals surface area contributed by atoms with E-state index < -0.39 is 15.9 Å². The minimum atomic E-state index is -3.63. The molecule has 1 N–H and O–H groups in total. The van der Waals surface area contributed by atoms with Crippen LogP contribution in [0.1, 0.15) is 60.8 Å². The molecule has 1 aromatic carbocycles. The maximum absolute atomic E-state index is 12.8. The zero-order chi connectivity index (χ0) is 20.3. The van der Waals surface area contributed by atoms with E-state index in [0.717, 1.165) is 30.7 Å². The second-order valence-corrected chi connectivity index (χ2v) is 10.0. The van der Waals surface area contributed by atoms with Crippen LogP contribution in [0.25, 0.3) is 0 Å². The van der Waals surface area contributed by atoms with Gasteiger partial charge in [-0.2, -0.15) is 4.31 Å². The highest BCUT2D eigenvalue weighted by Crippen LogP contribution is 2.29. The molecule has 28 heavy (non-hydrogen) atoms. The van der Waals surface area contributed by atoms with E-state index in [4.69, 9.17) is 11.6 Å². The van der Waals surface area contributed by atoms with E-state index in [9.17, 15) is 13.2 Å². The monoisotopic (exact) mass is 442 g/mol. The quantitative estimate of drug-likeness (QED) is 0.695. The molecular formula is C18H23ClN4O3S2. The van der Waals surface area contributed by atoms with E-state index in [-0.39, 0.29) is 15.5 Å². The molecule has 1 aliphatic heterocycles. The number of sulfonamides is 1. The number of hydrogen-bond acceptors (Lipinski definition) is 6. The molecule has 1 aromatic heterocycles. The molecule has 3 rings (SSSR count). The lowest BCUT2D eigenvalue weighted by molar-refractivity contribution is 0.102. The average Bonchev–Trinajstić information content (AvgIpc) is 3.35. The van der Waals surface area contributed by atoms with Crippen molar-refractivity contribution < 1.29 is 13.2 Å². The van der Waals surface area contributed by atoms with Crippen molar-refractivity contribution in [1.29, 1.82) is 0 Å². The number of carbonyl (C=O) groups is 1. The summed E-state index contributed by atoms with van der Waals surface area (Å²) in [6.45, 7) is 5.16. The predicted molar refractivity (Wildman–Crippen MR) is 111 cm³/mol. The zero-order valence-electron chi connectivity index (χ0n) is 15.8.